The molecular weight excluding hydrogens is 283 g/mol. The molecular formula is C21H22P+. The molecule has 0 aliphatic carbocycles. The Kier molecular flexibility index (Phi) is 4.41. The van der Waals surface area contributed by atoms with Crippen LogP contribution in [0.2, 0.25) is 0 Å². The van der Waals surface area contributed by atoms with Gasteiger partial charge in [-0.1, -0.05) is 78.9 Å². The molecule has 3 rings (SSSR count). The second kappa shape index (κ2) is 6.46. The Morgan fingerprint density at radius 2 is 0.909 bits per heavy atom. The van der Waals surface area contributed by atoms with Crippen LogP contribution < -0.4 is 5.30 Å². The van der Waals surface area contributed by atoms with Crippen molar-refractivity contribution in [3.8, 4) is 0 Å². The first kappa shape index (κ1) is 15.0. The van der Waals surface area contributed by atoms with Gasteiger partial charge in [-0.15, -0.1) is 0 Å². The molecule has 3 aromatic rings. The zero-order chi connectivity index (χ0) is 15.4. The second-order valence-corrected chi connectivity index (χ2v) is 10.2. The van der Waals surface area contributed by atoms with Gasteiger partial charge in [-0.3, -0.25) is 0 Å². The van der Waals surface area contributed by atoms with Gasteiger partial charge in [0.15, 0.2) is 0 Å². The van der Waals surface area contributed by atoms with E-state index in [0.717, 1.165) is 0 Å². The van der Waals surface area contributed by atoms with Gasteiger partial charge in [-0.25, -0.2) is 0 Å². The van der Waals surface area contributed by atoms with Crippen LogP contribution in [0, 0.1) is 0 Å². The molecule has 0 N–H and O–H groups in total. The van der Waals surface area contributed by atoms with Crippen molar-refractivity contribution in [2.24, 2.45) is 0 Å². The molecule has 3 aromatic carbocycles. The summed E-state index contributed by atoms with van der Waals surface area (Å²) >= 11 is 0. The normalized spacial score (nSPS) is 11.6. The van der Waals surface area contributed by atoms with E-state index in [4.69, 9.17) is 0 Å². The fourth-order valence-electron chi connectivity index (χ4n) is 3.17. The molecule has 0 aliphatic rings. The maximum atomic E-state index is 2.45. The monoisotopic (exact) mass is 305 g/mol. The lowest BCUT2D eigenvalue weighted by molar-refractivity contribution is 1.13. The fraction of sp³-hybridized carbons (Fsp3) is 0.143. The summed E-state index contributed by atoms with van der Waals surface area (Å²) < 4.78 is 0. The minimum absolute atomic E-state index is 0.442. The number of hydrogen-bond acceptors (Lipinski definition) is 0. The smallest absolute Gasteiger partial charge is 0.0622 e. The first-order valence-corrected chi connectivity index (χ1v) is 10.4. The average molecular weight is 305 g/mol. The maximum Gasteiger partial charge on any atom is 0.124 e. The highest BCUT2D eigenvalue weighted by atomic mass is 31.2. The quantitative estimate of drug-likeness (QED) is 0.568. The molecule has 0 radical (unpaired) electrons. The Morgan fingerprint density at radius 1 is 0.545 bits per heavy atom. The SMILES string of the molecule is C[P+](C)(c1ccccc1)C(c1ccccc1)c1ccccc1. The third-order valence-corrected chi connectivity index (χ3v) is 7.81. The van der Waals surface area contributed by atoms with E-state index in [1.54, 1.807) is 0 Å². The molecule has 110 valence electrons. The van der Waals surface area contributed by atoms with Crippen LogP contribution in [0.25, 0.3) is 0 Å². The van der Waals surface area contributed by atoms with E-state index in [-0.39, 0.29) is 0 Å². The summed E-state index contributed by atoms with van der Waals surface area (Å²) in [5, 5.41) is 1.48. The molecule has 0 amide bonds. The highest BCUT2D eigenvalue weighted by Crippen LogP contribution is 2.65. The summed E-state index contributed by atoms with van der Waals surface area (Å²) in [4.78, 5) is 0. The lowest BCUT2D eigenvalue weighted by Crippen LogP contribution is -2.17. The van der Waals surface area contributed by atoms with Crippen molar-refractivity contribution >= 4 is 12.6 Å². The largest absolute Gasteiger partial charge is 0.124 e. The molecule has 0 unspecified atom stereocenters. The van der Waals surface area contributed by atoms with E-state index in [9.17, 15) is 0 Å². The molecule has 0 fully saturated rings. The van der Waals surface area contributed by atoms with Crippen molar-refractivity contribution in [1.82, 2.24) is 0 Å². The predicted octanol–water partition coefficient (Wildman–Crippen LogP) is 5.38. The Morgan fingerprint density at radius 3 is 1.32 bits per heavy atom. The molecule has 0 aliphatic heterocycles. The fourth-order valence-corrected chi connectivity index (χ4v) is 6.24. The molecule has 0 spiro atoms. The van der Waals surface area contributed by atoms with Crippen LogP contribution in [0.1, 0.15) is 16.8 Å². The van der Waals surface area contributed by atoms with Crippen molar-refractivity contribution < 1.29 is 0 Å². The second-order valence-electron chi connectivity index (χ2n) is 6.10. The van der Waals surface area contributed by atoms with E-state index in [1.807, 2.05) is 0 Å². The molecule has 0 nitrogen and oxygen atoms in total. The Balaban J connectivity index is 2.14. The summed E-state index contributed by atoms with van der Waals surface area (Å²) in [5.74, 6) is 0. The highest BCUT2D eigenvalue weighted by molar-refractivity contribution is 7.82. The van der Waals surface area contributed by atoms with Gasteiger partial charge in [0.05, 0.1) is 25.9 Å². The molecule has 0 saturated carbocycles. The molecule has 0 atom stereocenters. The summed E-state index contributed by atoms with van der Waals surface area (Å²) in [6, 6.07) is 32.8. The van der Waals surface area contributed by atoms with Crippen LogP contribution in [0.15, 0.2) is 91.0 Å². The Bertz CT molecular complexity index is 663. The third-order valence-electron chi connectivity index (χ3n) is 4.30. The van der Waals surface area contributed by atoms with Crippen LogP contribution in [-0.4, -0.2) is 13.3 Å². The molecule has 0 saturated heterocycles. The molecule has 0 aromatic heterocycles. The van der Waals surface area contributed by atoms with Crippen LogP contribution in [-0.2, 0) is 0 Å². The molecule has 22 heavy (non-hydrogen) atoms. The molecule has 0 heterocycles. The summed E-state index contributed by atoms with van der Waals surface area (Å²) in [6.07, 6.45) is 0. The van der Waals surface area contributed by atoms with Gasteiger partial charge in [0.2, 0.25) is 0 Å². The lowest BCUT2D eigenvalue weighted by Gasteiger charge is -2.29. The highest BCUT2D eigenvalue weighted by Gasteiger charge is 2.40. The first-order valence-electron chi connectivity index (χ1n) is 7.69. The topological polar surface area (TPSA) is 0 Å². The summed E-state index contributed by atoms with van der Waals surface area (Å²) in [5.41, 5.74) is 3.27. The van der Waals surface area contributed by atoms with Crippen LogP contribution in [0.3, 0.4) is 0 Å². The van der Waals surface area contributed by atoms with Gasteiger partial charge in [0, 0.05) is 0 Å². The van der Waals surface area contributed by atoms with E-state index < -0.39 is 7.26 Å². The zero-order valence-electron chi connectivity index (χ0n) is 13.2. The van der Waals surface area contributed by atoms with Crippen molar-refractivity contribution in [3.05, 3.63) is 102 Å². The minimum Gasteiger partial charge on any atom is -0.0622 e. The Hall–Kier alpha value is -1.91. The summed E-state index contributed by atoms with van der Waals surface area (Å²) in [6.45, 7) is 4.90. The minimum atomic E-state index is -1.35. The molecule has 0 bridgehead atoms. The van der Waals surface area contributed by atoms with Gasteiger partial charge < -0.3 is 0 Å². The van der Waals surface area contributed by atoms with Crippen LogP contribution >= 0.6 is 7.26 Å². The lowest BCUT2D eigenvalue weighted by atomic mass is 10.0. The van der Waals surface area contributed by atoms with Gasteiger partial charge >= 0.3 is 0 Å². The van der Waals surface area contributed by atoms with Crippen LogP contribution in [0.4, 0.5) is 0 Å². The average Bonchev–Trinajstić information content (AvgIpc) is 2.58. The van der Waals surface area contributed by atoms with Crippen molar-refractivity contribution in [2.75, 3.05) is 13.3 Å². The van der Waals surface area contributed by atoms with E-state index >= 15 is 0 Å². The maximum absolute atomic E-state index is 2.45. The van der Waals surface area contributed by atoms with Crippen molar-refractivity contribution in [1.29, 1.82) is 0 Å². The van der Waals surface area contributed by atoms with Crippen molar-refractivity contribution in [3.63, 3.8) is 0 Å². The predicted molar refractivity (Wildman–Crippen MR) is 99.6 cm³/mol. The van der Waals surface area contributed by atoms with Crippen molar-refractivity contribution in [2.45, 2.75) is 5.66 Å². The van der Waals surface area contributed by atoms with Gasteiger partial charge in [0.1, 0.15) is 5.66 Å². The van der Waals surface area contributed by atoms with Crippen LogP contribution in [0.5, 0.6) is 0 Å². The van der Waals surface area contributed by atoms with Gasteiger partial charge in [-0.2, -0.15) is 0 Å². The number of hydrogen-bond donors (Lipinski definition) is 0. The van der Waals surface area contributed by atoms with E-state index in [0.29, 0.717) is 5.66 Å². The molecule has 1 heteroatoms. The Labute approximate surface area is 134 Å². The summed E-state index contributed by atoms with van der Waals surface area (Å²) in [7, 11) is -1.35. The van der Waals surface area contributed by atoms with E-state index in [2.05, 4.69) is 104 Å². The van der Waals surface area contributed by atoms with E-state index in [1.165, 1.54) is 16.4 Å². The first-order chi connectivity index (χ1) is 10.7. The van der Waals surface area contributed by atoms with Gasteiger partial charge in [-0.05, 0) is 23.3 Å². The third kappa shape index (κ3) is 2.98. The number of benzene rings is 3. The standard InChI is InChI=1S/C21H22P/c1-22(2,20-16-10-5-11-17-20)21(18-12-6-3-7-13-18)19-14-8-4-9-15-19/h3-17,21H,1-2H3/q+1. The zero-order valence-corrected chi connectivity index (χ0v) is 14.1. The number of rotatable bonds is 4. The van der Waals surface area contributed by atoms with Gasteiger partial charge in [0.25, 0.3) is 0 Å².